The standard InChI is InChI=1S/C28H50/c1-19(2)20(3)10-11-21(4)24-14-15-25-23-13-12-22-9-7-8-17-27(22,5)26(23)16-18-28(24,25)6/h19-26H,7-18H2,1-6H3/t20-,21-,22-,23+,24-,25+,26+,27+,28-/m1/s1. The van der Waals surface area contributed by atoms with Gasteiger partial charge in [0.1, 0.15) is 0 Å². The summed E-state index contributed by atoms with van der Waals surface area (Å²) in [5.41, 5.74) is 1.37. The van der Waals surface area contributed by atoms with Crippen LogP contribution in [0.3, 0.4) is 0 Å². The highest BCUT2D eigenvalue weighted by Gasteiger charge is 2.60. The molecule has 0 radical (unpaired) electrons. The molecule has 162 valence electrons. The number of rotatable bonds is 5. The van der Waals surface area contributed by atoms with Crippen LogP contribution in [0.25, 0.3) is 0 Å². The van der Waals surface area contributed by atoms with Crippen LogP contribution < -0.4 is 0 Å². The van der Waals surface area contributed by atoms with Crippen molar-refractivity contribution in [3.63, 3.8) is 0 Å². The minimum Gasteiger partial charge on any atom is -0.0625 e. The van der Waals surface area contributed by atoms with Gasteiger partial charge < -0.3 is 0 Å². The van der Waals surface area contributed by atoms with E-state index in [9.17, 15) is 0 Å². The van der Waals surface area contributed by atoms with Crippen LogP contribution in [-0.4, -0.2) is 0 Å². The molecule has 4 fully saturated rings. The Morgan fingerprint density at radius 2 is 1.46 bits per heavy atom. The van der Waals surface area contributed by atoms with Gasteiger partial charge in [-0.1, -0.05) is 67.2 Å². The molecule has 0 heteroatoms. The predicted octanol–water partition coefficient (Wildman–Crippen LogP) is 8.74. The van der Waals surface area contributed by atoms with Crippen LogP contribution in [0.5, 0.6) is 0 Å². The van der Waals surface area contributed by atoms with Gasteiger partial charge in [-0.3, -0.25) is 0 Å². The minimum absolute atomic E-state index is 0.666. The molecular weight excluding hydrogens is 336 g/mol. The van der Waals surface area contributed by atoms with Crippen LogP contribution >= 0.6 is 0 Å². The molecule has 0 nitrogen and oxygen atoms in total. The Morgan fingerprint density at radius 1 is 0.714 bits per heavy atom. The van der Waals surface area contributed by atoms with E-state index in [1.807, 2.05) is 0 Å². The van der Waals surface area contributed by atoms with Gasteiger partial charge >= 0.3 is 0 Å². The summed E-state index contributed by atoms with van der Waals surface area (Å²) in [6.07, 6.45) is 18.4. The lowest BCUT2D eigenvalue weighted by Gasteiger charge is -2.61. The van der Waals surface area contributed by atoms with Crippen molar-refractivity contribution in [2.75, 3.05) is 0 Å². The second-order valence-corrected chi connectivity index (χ2v) is 12.9. The first-order valence-corrected chi connectivity index (χ1v) is 13.3. The molecule has 0 saturated heterocycles. The molecule has 0 spiro atoms. The monoisotopic (exact) mass is 386 g/mol. The molecular formula is C28H50. The lowest BCUT2D eigenvalue weighted by molar-refractivity contribution is -0.114. The molecule has 28 heavy (non-hydrogen) atoms. The first-order valence-electron chi connectivity index (χ1n) is 13.3. The molecule has 0 aromatic heterocycles. The maximum Gasteiger partial charge on any atom is -0.0264 e. The van der Waals surface area contributed by atoms with E-state index in [0.29, 0.717) is 10.8 Å². The van der Waals surface area contributed by atoms with E-state index in [2.05, 4.69) is 41.5 Å². The van der Waals surface area contributed by atoms with Crippen molar-refractivity contribution >= 4 is 0 Å². The van der Waals surface area contributed by atoms with Crippen molar-refractivity contribution in [1.29, 1.82) is 0 Å². The van der Waals surface area contributed by atoms with E-state index in [4.69, 9.17) is 0 Å². The Labute approximate surface area is 177 Å². The third-order valence-corrected chi connectivity index (χ3v) is 11.6. The van der Waals surface area contributed by atoms with E-state index in [1.54, 1.807) is 51.4 Å². The van der Waals surface area contributed by atoms with Crippen molar-refractivity contribution < 1.29 is 0 Å². The fraction of sp³-hybridized carbons (Fsp3) is 1.00. The zero-order chi connectivity index (χ0) is 20.1. The molecule has 4 saturated carbocycles. The third kappa shape index (κ3) is 3.41. The van der Waals surface area contributed by atoms with Gasteiger partial charge in [0.05, 0.1) is 0 Å². The summed E-state index contributed by atoms with van der Waals surface area (Å²) in [7, 11) is 0. The molecule has 4 aliphatic rings. The molecule has 0 amide bonds. The number of hydrogen-bond donors (Lipinski definition) is 0. The SMILES string of the molecule is CC(C)[C@H](C)CC[C@@H](C)[C@H]1CC[C@H]2[C@@H]3CC[C@H]4CCCC[C@]4(C)[C@H]3CC[C@]12C. The van der Waals surface area contributed by atoms with Crippen LogP contribution in [0.2, 0.25) is 0 Å². The lowest BCUT2D eigenvalue weighted by atomic mass is 9.44. The van der Waals surface area contributed by atoms with Crippen molar-refractivity contribution in [2.24, 2.45) is 58.2 Å². The summed E-state index contributed by atoms with van der Waals surface area (Å²) in [6, 6.07) is 0. The highest BCUT2D eigenvalue weighted by molar-refractivity contribution is 5.09. The number of hydrogen-bond acceptors (Lipinski definition) is 0. The zero-order valence-electron chi connectivity index (χ0n) is 20.1. The molecule has 4 aliphatic carbocycles. The molecule has 0 bridgehead atoms. The second kappa shape index (κ2) is 7.92. The highest BCUT2D eigenvalue weighted by atomic mass is 14.6. The first kappa shape index (κ1) is 21.2. The Bertz CT molecular complexity index is 534. The molecule has 0 aliphatic heterocycles. The summed E-state index contributed by atoms with van der Waals surface area (Å²) < 4.78 is 0. The summed E-state index contributed by atoms with van der Waals surface area (Å²) >= 11 is 0. The highest BCUT2D eigenvalue weighted by Crippen LogP contribution is 2.68. The summed E-state index contributed by atoms with van der Waals surface area (Å²) in [5.74, 6) is 7.96. The van der Waals surface area contributed by atoms with E-state index in [-0.39, 0.29) is 0 Å². The van der Waals surface area contributed by atoms with Crippen LogP contribution in [-0.2, 0) is 0 Å². The van der Waals surface area contributed by atoms with Crippen LogP contribution in [0, 0.1) is 58.2 Å². The average molecular weight is 387 g/mol. The van der Waals surface area contributed by atoms with Gasteiger partial charge in [-0.2, -0.15) is 0 Å². The molecule has 0 heterocycles. The van der Waals surface area contributed by atoms with Crippen molar-refractivity contribution in [1.82, 2.24) is 0 Å². The summed E-state index contributed by atoms with van der Waals surface area (Å²) in [5, 5.41) is 0. The van der Waals surface area contributed by atoms with Gasteiger partial charge in [0.25, 0.3) is 0 Å². The predicted molar refractivity (Wildman–Crippen MR) is 122 cm³/mol. The largest absolute Gasteiger partial charge is 0.0625 e. The third-order valence-electron chi connectivity index (χ3n) is 11.6. The topological polar surface area (TPSA) is 0 Å². The average Bonchev–Trinajstić information content (AvgIpc) is 3.02. The fourth-order valence-electron chi connectivity index (χ4n) is 9.33. The van der Waals surface area contributed by atoms with Gasteiger partial charge in [-0.25, -0.2) is 0 Å². The Kier molecular flexibility index (Phi) is 6.01. The van der Waals surface area contributed by atoms with Gasteiger partial charge in [-0.05, 0) is 110 Å². The molecule has 0 unspecified atom stereocenters. The number of fused-ring (bicyclic) bond motifs is 5. The van der Waals surface area contributed by atoms with Gasteiger partial charge in [0.15, 0.2) is 0 Å². The van der Waals surface area contributed by atoms with Crippen molar-refractivity contribution in [2.45, 2.75) is 119 Å². The van der Waals surface area contributed by atoms with E-state index < -0.39 is 0 Å². The maximum absolute atomic E-state index is 2.75. The molecule has 4 rings (SSSR count). The van der Waals surface area contributed by atoms with Gasteiger partial charge in [0.2, 0.25) is 0 Å². The fourth-order valence-corrected chi connectivity index (χ4v) is 9.33. The minimum atomic E-state index is 0.666. The molecule has 0 aromatic rings. The molecule has 0 N–H and O–H groups in total. The van der Waals surface area contributed by atoms with Crippen LogP contribution in [0.4, 0.5) is 0 Å². The summed E-state index contributed by atoms with van der Waals surface area (Å²) in [6.45, 7) is 15.4. The molecule has 0 aromatic carbocycles. The van der Waals surface area contributed by atoms with Crippen molar-refractivity contribution in [3.8, 4) is 0 Å². The smallest absolute Gasteiger partial charge is 0.0264 e. The Balaban J connectivity index is 1.46. The van der Waals surface area contributed by atoms with Gasteiger partial charge in [0, 0.05) is 0 Å². The quantitative estimate of drug-likeness (QED) is 0.443. The van der Waals surface area contributed by atoms with Crippen molar-refractivity contribution in [3.05, 3.63) is 0 Å². The van der Waals surface area contributed by atoms with E-state index in [1.165, 1.54) is 25.7 Å². The Hall–Kier alpha value is 0. The van der Waals surface area contributed by atoms with E-state index in [0.717, 1.165) is 47.3 Å². The lowest BCUT2D eigenvalue weighted by Crippen LogP contribution is -2.53. The maximum atomic E-state index is 2.75. The summed E-state index contributed by atoms with van der Waals surface area (Å²) in [4.78, 5) is 0. The molecule has 9 atom stereocenters. The second-order valence-electron chi connectivity index (χ2n) is 12.9. The normalized spacial score (nSPS) is 47.9. The van der Waals surface area contributed by atoms with Crippen LogP contribution in [0.1, 0.15) is 119 Å². The van der Waals surface area contributed by atoms with Gasteiger partial charge in [-0.15, -0.1) is 0 Å². The zero-order valence-corrected chi connectivity index (χ0v) is 20.1. The van der Waals surface area contributed by atoms with E-state index >= 15 is 0 Å². The first-order chi connectivity index (χ1) is 13.3. The van der Waals surface area contributed by atoms with Crippen LogP contribution in [0.15, 0.2) is 0 Å². The Morgan fingerprint density at radius 3 is 2.21 bits per heavy atom.